The second kappa shape index (κ2) is 7.72. The Balaban J connectivity index is 1.57. The highest BCUT2D eigenvalue weighted by molar-refractivity contribution is 9.10. The normalized spacial score (nSPS) is 16.8. The van der Waals surface area contributed by atoms with Crippen LogP contribution < -0.4 is 10.6 Å². The molecule has 3 rings (SSSR count). The number of amides is 1. The second-order valence-electron chi connectivity index (χ2n) is 5.74. The number of aryl methyl sites for hydroxylation is 1. The summed E-state index contributed by atoms with van der Waals surface area (Å²) in [5.41, 5.74) is 2.05. The predicted molar refractivity (Wildman–Crippen MR) is 96.3 cm³/mol. The third-order valence-corrected chi connectivity index (χ3v) is 4.74. The van der Waals surface area contributed by atoms with E-state index in [-0.39, 0.29) is 17.7 Å². The number of aromatic nitrogens is 2. The maximum Gasteiger partial charge on any atom is 0.276 e. The molecule has 0 aliphatic carbocycles. The van der Waals surface area contributed by atoms with Crippen molar-refractivity contribution in [3.8, 4) is 0 Å². The minimum atomic E-state index is -0.283. The van der Waals surface area contributed by atoms with Gasteiger partial charge in [0.15, 0.2) is 5.69 Å². The summed E-state index contributed by atoms with van der Waals surface area (Å²) in [6.45, 7) is 3.50. The van der Waals surface area contributed by atoms with Gasteiger partial charge in [-0.3, -0.25) is 4.79 Å². The van der Waals surface area contributed by atoms with Crippen LogP contribution >= 0.6 is 15.9 Å². The van der Waals surface area contributed by atoms with Crippen molar-refractivity contribution in [2.75, 3.05) is 23.8 Å². The zero-order valence-electron chi connectivity index (χ0n) is 13.4. The van der Waals surface area contributed by atoms with Crippen LogP contribution in [-0.4, -0.2) is 35.4 Å². The molecule has 1 aliphatic rings. The van der Waals surface area contributed by atoms with Crippen LogP contribution in [0.5, 0.6) is 0 Å². The summed E-state index contributed by atoms with van der Waals surface area (Å²) < 4.78 is 6.54. The van der Waals surface area contributed by atoms with E-state index in [1.165, 1.54) is 0 Å². The topological polar surface area (TPSA) is 76.1 Å². The number of ether oxygens (including phenoxy) is 1. The van der Waals surface area contributed by atoms with Gasteiger partial charge < -0.3 is 15.4 Å². The zero-order valence-corrected chi connectivity index (χ0v) is 15.0. The van der Waals surface area contributed by atoms with Crippen molar-refractivity contribution in [2.24, 2.45) is 0 Å². The van der Waals surface area contributed by atoms with Crippen LogP contribution in [0.3, 0.4) is 0 Å². The molecule has 126 valence electrons. The Bertz CT molecular complexity index is 715. The minimum absolute atomic E-state index is 0.232. The molecule has 0 spiro atoms. The Hall–Kier alpha value is -1.99. The Morgan fingerprint density at radius 2 is 2.21 bits per heavy atom. The van der Waals surface area contributed by atoms with Gasteiger partial charge in [0, 0.05) is 23.3 Å². The molecular formula is C17H19BrN4O2. The van der Waals surface area contributed by atoms with E-state index in [9.17, 15) is 4.79 Å². The summed E-state index contributed by atoms with van der Waals surface area (Å²) in [7, 11) is 0. The third kappa shape index (κ3) is 4.30. The average molecular weight is 391 g/mol. The van der Waals surface area contributed by atoms with Crippen molar-refractivity contribution in [1.29, 1.82) is 0 Å². The lowest BCUT2D eigenvalue weighted by Crippen LogP contribution is -2.20. The molecule has 0 radical (unpaired) electrons. The first-order valence-electron chi connectivity index (χ1n) is 7.88. The van der Waals surface area contributed by atoms with E-state index >= 15 is 0 Å². The number of nitrogens with zero attached hydrogens (tertiary/aromatic N) is 2. The lowest BCUT2D eigenvalue weighted by molar-refractivity contribution is 0.102. The monoisotopic (exact) mass is 390 g/mol. The van der Waals surface area contributed by atoms with Crippen molar-refractivity contribution >= 4 is 33.3 Å². The number of carbonyl (C=O) groups excluding carboxylic acids is 1. The molecule has 0 bridgehead atoms. The van der Waals surface area contributed by atoms with Crippen molar-refractivity contribution < 1.29 is 9.53 Å². The predicted octanol–water partition coefficient (Wildman–Crippen LogP) is 3.39. The molecule has 1 aromatic heterocycles. The Morgan fingerprint density at radius 1 is 1.33 bits per heavy atom. The quantitative estimate of drug-likeness (QED) is 0.817. The summed E-state index contributed by atoms with van der Waals surface area (Å²) in [4.78, 5) is 12.2. The third-order valence-electron chi connectivity index (χ3n) is 3.85. The van der Waals surface area contributed by atoms with E-state index in [2.05, 4.69) is 36.8 Å². The molecule has 0 saturated carbocycles. The van der Waals surface area contributed by atoms with Crippen LogP contribution in [0.15, 0.2) is 34.8 Å². The van der Waals surface area contributed by atoms with Gasteiger partial charge in [0.1, 0.15) is 5.82 Å². The van der Waals surface area contributed by atoms with E-state index in [1.54, 1.807) is 12.1 Å². The molecule has 7 heteroatoms. The zero-order chi connectivity index (χ0) is 16.9. The van der Waals surface area contributed by atoms with E-state index in [0.29, 0.717) is 12.4 Å². The number of hydrogen-bond acceptors (Lipinski definition) is 5. The number of hydrogen-bond donors (Lipinski definition) is 2. The molecular weight excluding hydrogens is 372 g/mol. The first-order valence-corrected chi connectivity index (χ1v) is 8.68. The summed E-state index contributed by atoms with van der Waals surface area (Å²) >= 11 is 3.44. The molecule has 1 aromatic carbocycles. The molecule has 1 amide bonds. The molecule has 24 heavy (non-hydrogen) atoms. The van der Waals surface area contributed by atoms with Crippen molar-refractivity contribution in [2.45, 2.75) is 25.9 Å². The standard InChI is InChI=1S/C17H19BrN4O2/c1-11-9-12(4-5-14(11)18)20-17(23)15-6-7-16(22-21-15)19-10-13-3-2-8-24-13/h4-7,9,13H,2-3,8,10H2,1H3,(H,19,22)(H,20,23). The van der Waals surface area contributed by atoms with Crippen LogP contribution in [0.2, 0.25) is 0 Å². The van der Waals surface area contributed by atoms with Gasteiger partial charge in [-0.1, -0.05) is 15.9 Å². The van der Waals surface area contributed by atoms with Crippen molar-refractivity contribution in [3.63, 3.8) is 0 Å². The van der Waals surface area contributed by atoms with Crippen LogP contribution in [0.25, 0.3) is 0 Å². The van der Waals surface area contributed by atoms with Gasteiger partial charge in [0.2, 0.25) is 0 Å². The lowest BCUT2D eigenvalue weighted by atomic mass is 10.2. The first-order chi connectivity index (χ1) is 11.6. The first kappa shape index (κ1) is 16.9. The maximum atomic E-state index is 12.2. The van der Waals surface area contributed by atoms with Gasteiger partial charge in [-0.05, 0) is 55.7 Å². The number of halogens is 1. The largest absolute Gasteiger partial charge is 0.376 e. The van der Waals surface area contributed by atoms with Gasteiger partial charge in [-0.2, -0.15) is 0 Å². The molecule has 1 fully saturated rings. The molecule has 1 unspecified atom stereocenters. The van der Waals surface area contributed by atoms with E-state index in [4.69, 9.17) is 4.74 Å². The van der Waals surface area contributed by atoms with Crippen LogP contribution in [0, 0.1) is 6.92 Å². The molecule has 1 saturated heterocycles. The maximum absolute atomic E-state index is 12.2. The molecule has 6 nitrogen and oxygen atoms in total. The highest BCUT2D eigenvalue weighted by Crippen LogP contribution is 2.20. The van der Waals surface area contributed by atoms with Crippen molar-refractivity contribution in [1.82, 2.24) is 10.2 Å². The van der Waals surface area contributed by atoms with Crippen LogP contribution in [0.1, 0.15) is 28.9 Å². The molecule has 2 aromatic rings. The summed E-state index contributed by atoms with van der Waals surface area (Å²) in [5, 5.41) is 14.0. The minimum Gasteiger partial charge on any atom is -0.376 e. The lowest BCUT2D eigenvalue weighted by Gasteiger charge is -2.11. The summed E-state index contributed by atoms with van der Waals surface area (Å²) in [6, 6.07) is 9.04. The van der Waals surface area contributed by atoms with E-state index < -0.39 is 0 Å². The van der Waals surface area contributed by atoms with E-state index in [0.717, 1.165) is 35.2 Å². The Kier molecular flexibility index (Phi) is 5.42. The average Bonchev–Trinajstić information content (AvgIpc) is 3.10. The van der Waals surface area contributed by atoms with Gasteiger partial charge >= 0.3 is 0 Å². The molecule has 1 atom stereocenters. The number of rotatable bonds is 5. The van der Waals surface area contributed by atoms with E-state index in [1.807, 2.05) is 25.1 Å². The van der Waals surface area contributed by atoms with Gasteiger partial charge in [0.25, 0.3) is 5.91 Å². The summed E-state index contributed by atoms with van der Waals surface area (Å²) in [5.74, 6) is 0.358. The molecule has 2 heterocycles. The SMILES string of the molecule is Cc1cc(NC(=O)c2ccc(NCC3CCCO3)nn2)ccc1Br. The van der Waals surface area contributed by atoms with Crippen LogP contribution in [-0.2, 0) is 4.74 Å². The van der Waals surface area contributed by atoms with Gasteiger partial charge in [0.05, 0.1) is 6.10 Å². The highest BCUT2D eigenvalue weighted by Gasteiger charge is 2.15. The van der Waals surface area contributed by atoms with Gasteiger partial charge in [-0.25, -0.2) is 0 Å². The highest BCUT2D eigenvalue weighted by atomic mass is 79.9. The molecule has 1 aliphatic heterocycles. The fourth-order valence-electron chi connectivity index (χ4n) is 2.49. The number of anilines is 2. The fourth-order valence-corrected chi connectivity index (χ4v) is 2.74. The Labute approximate surface area is 149 Å². The number of nitrogens with one attached hydrogen (secondary N) is 2. The number of carbonyl (C=O) groups is 1. The van der Waals surface area contributed by atoms with Gasteiger partial charge in [-0.15, -0.1) is 10.2 Å². The summed E-state index contributed by atoms with van der Waals surface area (Å²) in [6.07, 6.45) is 2.40. The number of benzene rings is 1. The smallest absolute Gasteiger partial charge is 0.276 e. The Morgan fingerprint density at radius 3 is 2.88 bits per heavy atom. The van der Waals surface area contributed by atoms with Crippen LogP contribution in [0.4, 0.5) is 11.5 Å². The van der Waals surface area contributed by atoms with Crippen molar-refractivity contribution in [3.05, 3.63) is 46.1 Å². The fraction of sp³-hybridized carbons (Fsp3) is 0.353. The molecule has 2 N–H and O–H groups in total. The second-order valence-corrected chi connectivity index (χ2v) is 6.59.